The highest BCUT2D eigenvalue weighted by atomic mass is 16.5. The monoisotopic (exact) mass is 194 g/mol. The number of aryl methyl sites for hydroxylation is 1. The van der Waals surface area contributed by atoms with Crippen LogP contribution in [0.3, 0.4) is 0 Å². The smallest absolute Gasteiger partial charge is 0.0795 e. The molecule has 1 aromatic rings. The van der Waals surface area contributed by atoms with E-state index in [0.29, 0.717) is 12.1 Å². The molecule has 1 heterocycles. The Morgan fingerprint density at radius 3 is 2.86 bits per heavy atom. The summed E-state index contributed by atoms with van der Waals surface area (Å²) in [6.45, 7) is 2.03. The summed E-state index contributed by atoms with van der Waals surface area (Å²) in [5, 5.41) is 4.47. The van der Waals surface area contributed by atoms with Crippen LogP contribution in [0.5, 0.6) is 0 Å². The van der Waals surface area contributed by atoms with Crippen molar-refractivity contribution in [2.45, 2.75) is 44.8 Å². The van der Waals surface area contributed by atoms with Crippen LogP contribution in [0.15, 0.2) is 12.3 Å². The molecule has 1 aliphatic carbocycles. The van der Waals surface area contributed by atoms with Crippen LogP contribution in [-0.2, 0) is 4.74 Å². The van der Waals surface area contributed by atoms with Gasteiger partial charge in [-0.25, -0.2) is 0 Å². The molecular weight excluding hydrogens is 176 g/mol. The van der Waals surface area contributed by atoms with E-state index in [1.54, 1.807) is 7.11 Å². The summed E-state index contributed by atoms with van der Waals surface area (Å²) in [7, 11) is 1.80. The molecule has 0 bridgehead atoms. The molecule has 1 saturated carbocycles. The van der Waals surface area contributed by atoms with Gasteiger partial charge in [-0.2, -0.15) is 5.10 Å². The molecule has 0 N–H and O–H groups in total. The molecule has 0 aromatic carbocycles. The number of aromatic nitrogens is 2. The minimum atomic E-state index is 0.350. The highest BCUT2D eigenvalue weighted by Crippen LogP contribution is 2.29. The van der Waals surface area contributed by atoms with E-state index < -0.39 is 0 Å². The molecule has 0 saturated heterocycles. The van der Waals surface area contributed by atoms with Gasteiger partial charge in [-0.3, -0.25) is 4.68 Å². The maximum absolute atomic E-state index is 5.51. The minimum absolute atomic E-state index is 0.350. The van der Waals surface area contributed by atoms with Crippen molar-refractivity contribution in [3.63, 3.8) is 0 Å². The van der Waals surface area contributed by atoms with Crippen LogP contribution in [0.4, 0.5) is 0 Å². The van der Waals surface area contributed by atoms with Crippen LogP contribution in [0, 0.1) is 6.92 Å². The predicted molar refractivity (Wildman–Crippen MR) is 55.3 cm³/mol. The molecule has 0 spiro atoms. The van der Waals surface area contributed by atoms with E-state index in [9.17, 15) is 0 Å². The molecule has 3 nitrogen and oxygen atoms in total. The van der Waals surface area contributed by atoms with Crippen LogP contribution in [0.2, 0.25) is 0 Å². The van der Waals surface area contributed by atoms with Gasteiger partial charge in [0.05, 0.1) is 17.8 Å². The van der Waals surface area contributed by atoms with Crippen molar-refractivity contribution in [3.8, 4) is 0 Å². The molecule has 1 fully saturated rings. The second-order valence-electron chi connectivity index (χ2n) is 4.06. The highest BCUT2D eigenvalue weighted by Gasteiger charge is 2.26. The van der Waals surface area contributed by atoms with Crippen LogP contribution < -0.4 is 0 Å². The first kappa shape index (κ1) is 9.71. The lowest BCUT2D eigenvalue weighted by Crippen LogP contribution is -2.29. The Kier molecular flexibility index (Phi) is 2.87. The van der Waals surface area contributed by atoms with Gasteiger partial charge >= 0.3 is 0 Å². The zero-order valence-electron chi connectivity index (χ0n) is 8.94. The molecule has 2 atom stereocenters. The van der Waals surface area contributed by atoms with Crippen molar-refractivity contribution in [2.24, 2.45) is 0 Å². The van der Waals surface area contributed by atoms with Crippen LogP contribution in [0.25, 0.3) is 0 Å². The lowest BCUT2D eigenvalue weighted by Gasteiger charge is -2.30. The van der Waals surface area contributed by atoms with Crippen molar-refractivity contribution in [1.29, 1.82) is 0 Å². The third-order valence-corrected chi connectivity index (χ3v) is 3.05. The summed E-state index contributed by atoms with van der Waals surface area (Å²) in [6.07, 6.45) is 7.36. The van der Waals surface area contributed by atoms with Crippen LogP contribution in [0.1, 0.15) is 37.4 Å². The van der Waals surface area contributed by atoms with Gasteiger partial charge < -0.3 is 4.74 Å². The number of ether oxygens (including phenoxy) is 1. The van der Waals surface area contributed by atoms with Crippen molar-refractivity contribution in [3.05, 3.63) is 18.0 Å². The Hall–Kier alpha value is -0.830. The first-order chi connectivity index (χ1) is 6.81. The summed E-state index contributed by atoms with van der Waals surface area (Å²) in [6, 6.07) is 2.50. The molecule has 14 heavy (non-hydrogen) atoms. The molecule has 1 aromatic heterocycles. The van der Waals surface area contributed by atoms with Crippen molar-refractivity contribution < 1.29 is 4.74 Å². The van der Waals surface area contributed by atoms with E-state index >= 15 is 0 Å². The molecular formula is C11H18N2O. The molecule has 0 amide bonds. The number of rotatable bonds is 2. The second-order valence-corrected chi connectivity index (χ2v) is 4.06. The van der Waals surface area contributed by atoms with Gasteiger partial charge in [0.25, 0.3) is 0 Å². The van der Waals surface area contributed by atoms with Gasteiger partial charge in [0.1, 0.15) is 0 Å². The largest absolute Gasteiger partial charge is 0.379 e. The summed E-state index contributed by atoms with van der Waals surface area (Å²) >= 11 is 0. The van der Waals surface area contributed by atoms with Crippen LogP contribution >= 0.6 is 0 Å². The zero-order chi connectivity index (χ0) is 9.97. The summed E-state index contributed by atoms with van der Waals surface area (Å²) in [4.78, 5) is 0. The van der Waals surface area contributed by atoms with Gasteiger partial charge in [0.2, 0.25) is 0 Å². The number of hydrogen-bond donors (Lipinski definition) is 0. The summed E-state index contributed by atoms with van der Waals surface area (Å²) < 4.78 is 7.58. The standard InChI is InChI=1S/C11H18N2O/c1-9-7-8-13(12-9)10-5-3-4-6-11(10)14-2/h7-8,10-11H,3-6H2,1-2H3. The molecule has 2 rings (SSSR count). The van der Waals surface area contributed by atoms with E-state index in [1.807, 2.05) is 6.92 Å². The molecule has 0 radical (unpaired) electrons. The first-order valence-electron chi connectivity index (χ1n) is 5.36. The van der Waals surface area contributed by atoms with Gasteiger partial charge in [-0.05, 0) is 25.8 Å². The third-order valence-electron chi connectivity index (χ3n) is 3.05. The normalized spacial score (nSPS) is 27.9. The molecule has 1 aliphatic rings. The molecule has 3 heteroatoms. The van der Waals surface area contributed by atoms with E-state index in [0.717, 1.165) is 5.69 Å². The van der Waals surface area contributed by atoms with Crippen molar-refractivity contribution in [1.82, 2.24) is 9.78 Å². The third kappa shape index (κ3) is 1.82. The Morgan fingerprint density at radius 1 is 1.43 bits per heavy atom. The van der Waals surface area contributed by atoms with E-state index in [4.69, 9.17) is 4.74 Å². The maximum Gasteiger partial charge on any atom is 0.0795 e. The summed E-state index contributed by atoms with van der Waals surface area (Å²) in [5.74, 6) is 0. The fraction of sp³-hybridized carbons (Fsp3) is 0.727. The van der Waals surface area contributed by atoms with Crippen molar-refractivity contribution >= 4 is 0 Å². The first-order valence-corrected chi connectivity index (χ1v) is 5.36. The van der Waals surface area contributed by atoms with Gasteiger partial charge in [-0.15, -0.1) is 0 Å². The van der Waals surface area contributed by atoms with Gasteiger partial charge in [-0.1, -0.05) is 12.8 Å². The topological polar surface area (TPSA) is 27.1 Å². The lowest BCUT2D eigenvalue weighted by atomic mass is 9.92. The van der Waals surface area contributed by atoms with Gasteiger partial charge in [0.15, 0.2) is 0 Å². The quantitative estimate of drug-likeness (QED) is 0.722. The Morgan fingerprint density at radius 2 is 2.21 bits per heavy atom. The summed E-state index contributed by atoms with van der Waals surface area (Å²) in [5.41, 5.74) is 1.09. The Bertz CT molecular complexity index is 295. The van der Waals surface area contributed by atoms with E-state index in [2.05, 4.69) is 22.0 Å². The second kappa shape index (κ2) is 4.13. The molecule has 78 valence electrons. The van der Waals surface area contributed by atoms with Gasteiger partial charge in [0, 0.05) is 13.3 Å². The van der Waals surface area contributed by atoms with Crippen LogP contribution in [-0.4, -0.2) is 23.0 Å². The fourth-order valence-electron chi connectivity index (χ4n) is 2.27. The number of methoxy groups -OCH3 is 1. The number of nitrogens with zero attached hydrogens (tertiary/aromatic N) is 2. The Balaban J connectivity index is 2.14. The highest BCUT2D eigenvalue weighted by molar-refractivity contribution is 4.97. The average molecular weight is 194 g/mol. The molecule has 0 aliphatic heterocycles. The zero-order valence-corrected chi connectivity index (χ0v) is 8.94. The Labute approximate surface area is 85.1 Å². The maximum atomic E-state index is 5.51. The SMILES string of the molecule is COC1CCCCC1n1ccc(C)n1. The van der Waals surface area contributed by atoms with E-state index in [-0.39, 0.29) is 0 Å². The average Bonchev–Trinajstić information content (AvgIpc) is 2.65. The fourth-order valence-corrected chi connectivity index (χ4v) is 2.27. The van der Waals surface area contributed by atoms with Crippen molar-refractivity contribution in [2.75, 3.05) is 7.11 Å². The minimum Gasteiger partial charge on any atom is -0.379 e. The molecule has 2 unspecified atom stereocenters. The predicted octanol–water partition coefficient (Wildman–Crippen LogP) is 2.32. The lowest BCUT2D eigenvalue weighted by molar-refractivity contribution is 0.0245. The number of hydrogen-bond acceptors (Lipinski definition) is 2. The van der Waals surface area contributed by atoms with E-state index in [1.165, 1.54) is 25.7 Å².